The number of hydrogen-bond acceptors (Lipinski definition) is 5. The van der Waals surface area contributed by atoms with Crippen LogP contribution < -0.4 is 5.73 Å². The molecular formula is C12H15F2N5O. The van der Waals surface area contributed by atoms with E-state index in [1.54, 1.807) is 0 Å². The Morgan fingerprint density at radius 3 is 2.95 bits per heavy atom. The molecule has 0 aliphatic carbocycles. The van der Waals surface area contributed by atoms with Crippen LogP contribution in [0.3, 0.4) is 0 Å². The van der Waals surface area contributed by atoms with Gasteiger partial charge in [-0.15, -0.1) is 5.10 Å². The van der Waals surface area contributed by atoms with Gasteiger partial charge in [0, 0.05) is 11.3 Å². The van der Waals surface area contributed by atoms with Crippen LogP contribution in [0.4, 0.5) is 14.5 Å². The second kappa shape index (κ2) is 6.38. The van der Waals surface area contributed by atoms with Crippen LogP contribution in [0.25, 0.3) is 11.4 Å². The van der Waals surface area contributed by atoms with Crippen LogP contribution in [-0.2, 0) is 11.3 Å². The Bertz CT molecular complexity index is 573. The van der Waals surface area contributed by atoms with Gasteiger partial charge < -0.3 is 10.5 Å². The molecule has 2 N–H and O–H groups in total. The molecule has 8 heteroatoms. The van der Waals surface area contributed by atoms with Crippen LogP contribution in [0, 0.1) is 6.92 Å². The molecule has 1 aromatic heterocycles. The summed E-state index contributed by atoms with van der Waals surface area (Å²) in [5.74, 6) is 0.492. The first-order valence-electron chi connectivity index (χ1n) is 6.07. The van der Waals surface area contributed by atoms with Crippen molar-refractivity contribution in [3.63, 3.8) is 0 Å². The highest BCUT2D eigenvalue weighted by Crippen LogP contribution is 2.25. The molecule has 1 aromatic carbocycles. The molecule has 0 saturated heterocycles. The first-order chi connectivity index (χ1) is 9.59. The highest BCUT2D eigenvalue weighted by molar-refractivity contribution is 5.73. The minimum atomic E-state index is -2.48. The lowest BCUT2D eigenvalue weighted by Crippen LogP contribution is -2.13. The van der Waals surface area contributed by atoms with Gasteiger partial charge in [-0.1, -0.05) is 12.1 Å². The lowest BCUT2D eigenvalue weighted by atomic mass is 10.1. The fourth-order valence-corrected chi connectivity index (χ4v) is 1.75. The van der Waals surface area contributed by atoms with Gasteiger partial charge in [0.1, 0.15) is 6.61 Å². The van der Waals surface area contributed by atoms with Crippen molar-refractivity contribution in [1.29, 1.82) is 0 Å². The van der Waals surface area contributed by atoms with Gasteiger partial charge in [-0.25, -0.2) is 13.5 Å². The maximum Gasteiger partial charge on any atom is 0.261 e. The number of hydrogen-bond donors (Lipinski definition) is 1. The molecule has 0 fully saturated rings. The number of anilines is 1. The van der Waals surface area contributed by atoms with Crippen LogP contribution >= 0.6 is 0 Å². The minimum Gasteiger partial charge on any atom is -0.398 e. The molecule has 0 spiro atoms. The summed E-state index contributed by atoms with van der Waals surface area (Å²) in [5.41, 5.74) is 8.23. The van der Waals surface area contributed by atoms with E-state index in [2.05, 4.69) is 15.5 Å². The highest BCUT2D eigenvalue weighted by Gasteiger charge is 2.13. The maximum atomic E-state index is 12.0. The molecule has 0 radical (unpaired) electrons. The van der Waals surface area contributed by atoms with E-state index in [9.17, 15) is 8.78 Å². The van der Waals surface area contributed by atoms with Crippen molar-refractivity contribution in [1.82, 2.24) is 20.2 Å². The van der Waals surface area contributed by atoms with Gasteiger partial charge in [-0.2, -0.15) is 0 Å². The van der Waals surface area contributed by atoms with Crippen molar-refractivity contribution in [2.45, 2.75) is 19.9 Å². The smallest absolute Gasteiger partial charge is 0.261 e. The minimum absolute atomic E-state index is 0.105. The van der Waals surface area contributed by atoms with Gasteiger partial charge in [0.05, 0.1) is 13.2 Å². The SMILES string of the molecule is Cc1cccc(-c2nnnn2CCOCC(F)F)c1N. The average Bonchev–Trinajstić information content (AvgIpc) is 2.86. The number of tetrazole rings is 1. The van der Waals surface area contributed by atoms with Crippen molar-refractivity contribution < 1.29 is 13.5 Å². The van der Waals surface area contributed by atoms with E-state index in [1.165, 1.54) is 4.68 Å². The summed E-state index contributed by atoms with van der Waals surface area (Å²) in [5, 5.41) is 11.3. The lowest BCUT2D eigenvalue weighted by Gasteiger charge is -2.09. The number of aromatic nitrogens is 4. The quantitative estimate of drug-likeness (QED) is 0.642. The number of aryl methyl sites for hydroxylation is 1. The van der Waals surface area contributed by atoms with Gasteiger partial charge in [0.25, 0.3) is 6.43 Å². The third-order valence-electron chi connectivity index (χ3n) is 2.79. The van der Waals surface area contributed by atoms with Crippen LogP contribution in [0.15, 0.2) is 18.2 Å². The molecular weight excluding hydrogens is 268 g/mol. The average molecular weight is 283 g/mol. The molecule has 1 heterocycles. The topological polar surface area (TPSA) is 78.8 Å². The van der Waals surface area contributed by atoms with Crippen molar-refractivity contribution >= 4 is 5.69 Å². The number of nitrogens with zero attached hydrogens (tertiary/aromatic N) is 4. The van der Waals surface area contributed by atoms with Crippen molar-refractivity contribution in [3.05, 3.63) is 23.8 Å². The summed E-state index contributed by atoms with van der Waals surface area (Å²) in [6.07, 6.45) is -2.48. The summed E-state index contributed by atoms with van der Waals surface area (Å²) in [6, 6.07) is 5.55. The van der Waals surface area contributed by atoms with E-state index in [1.807, 2.05) is 25.1 Å². The third-order valence-corrected chi connectivity index (χ3v) is 2.79. The normalized spacial score (nSPS) is 11.2. The Kier molecular flexibility index (Phi) is 4.57. The first kappa shape index (κ1) is 14.3. The Labute approximate surface area is 114 Å². The largest absolute Gasteiger partial charge is 0.398 e. The Morgan fingerprint density at radius 1 is 1.40 bits per heavy atom. The van der Waals surface area contributed by atoms with E-state index in [4.69, 9.17) is 10.5 Å². The van der Waals surface area contributed by atoms with E-state index in [0.717, 1.165) is 5.56 Å². The molecule has 0 unspecified atom stereocenters. The molecule has 20 heavy (non-hydrogen) atoms. The van der Waals surface area contributed by atoms with Gasteiger partial charge >= 0.3 is 0 Å². The van der Waals surface area contributed by atoms with Crippen LogP contribution in [0.2, 0.25) is 0 Å². The van der Waals surface area contributed by atoms with Crippen LogP contribution in [0.5, 0.6) is 0 Å². The second-order valence-electron chi connectivity index (χ2n) is 4.23. The van der Waals surface area contributed by atoms with Crippen molar-refractivity contribution in [2.24, 2.45) is 0 Å². The number of ether oxygens (including phenoxy) is 1. The number of nitrogen functional groups attached to an aromatic ring is 1. The number of nitrogens with two attached hydrogens (primary N) is 1. The van der Waals surface area contributed by atoms with Gasteiger partial charge in [-0.05, 0) is 29.0 Å². The van der Waals surface area contributed by atoms with Crippen molar-refractivity contribution in [3.8, 4) is 11.4 Å². The summed E-state index contributed by atoms with van der Waals surface area (Å²) >= 11 is 0. The molecule has 0 aliphatic rings. The third kappa shape index (κ3) is 3.27. The predicted molar refractivity (Wildman–Crippen MR) is 69.2 cm³/mol. The van der Waals surface area contributed by atoms with Crippen LogP contribution in [0.1, 0.15) is 5.56 Å². The second-order valence-corrected chi connectivity index (χ2v) is 4.23. The summed E-state index contributed by atoms with van der Waals surface area (Å²) < 4.78 is 30.2. The molecule has 108 valence electrons. The van der Waals surface area contributed by atoms with E-state index in [-0.39, 0.29) is 13.2 Å². The number of alkyl halides is 2. The first-order valence-corrected chi connectivity index (χ1v) is 6.07. The molecule has 2 rings (SSSR count). The standard InChI is InChI=1S/C12H15F2N5O/c1-8-3-2-4-9(11(8)15)12-16-17-18-19(12)5-6-20-7-10(13)14/h2-4,10H,5-7,15H2,1H3. The van der Waals surface area contributed by atoms with Crippen LogP contribution in [-0.4, -0.2) is 39.8 Å². The van der Waals surface area contributed by atoms with Gasteiger partial charge in [0.15, 0.2) is 5.82 Å². The van der Waals surface area contributed by atoms with E-state index < -0.39 is 13.0 Å². The zero-order valence-corrected chi connectivity index (χ0v) is 11.0. The fourth-order valence-electron chi connectivity index (χ4n) is 1.75. The Hall–Kier alpha value is -2.09. The van der Waals surface area contributed by atoms with E-state index in [0.29, 0.717) is 17.1 Å². The molecule has 0 saturated carbocycles. The maximum absolute atomic E-state index is 12.0. The molecule has 0 bridgehead atoms. The number of rotatable bonds is 6. The zero-order valence-electron chi connectivity index (χ0n) is 11.0. The number of halogens is 2. The monoisotopic (exact) mass is 283 g/mol. The molecule has 6 nitrogen and oxygen atoms in total. The Balaban J connectivity index is 2.10. The molecule has 0 atom stereocenters. The molecule has 0 aliphatic heterocycles. The fraction of sp³-hybridized carbons (Fsp3) is 0.417. The van der Waals surface area contributed by atoms with E-state index >= 15 is 0 Å². The Morgan fingerprint density at radius 2 is 2.20 bits per heavy atom. The summed E-state index contributed by atoms with van der Waals surface area (Å²) in [7, 11) is 0. The zero-order chi connectivity index (χ0) is 14.5. The summed E-state index contributed by atoms with van der Waals surface area (Å²) in [6.45, 7) is 1.68. The van der Waals surface area contributed by atoms with Gasteiger partial charge in [0.2, 0.25) is 0 Å². The molecule has 2 aromatic rings. The predicted octanol–water partition coefficient (Wildman–Crippen LogP) is 1.51. The molecule has 0 amide bonds. The lowest BCUT2D eigenvalue weighted by molar-refractivity contribution is 0.0140. The van der Waals surface area contributed by atoms with Crippen molar-refractivity contribution in [2.75, 3.05) is 18.9 Å². The number of para-hydroxylation sites is 1. The summed E-state index contributed by atoms with van der Waals surface area (Å²) in [4.78, 5) is 0. The number of benzene rings is 1. The highest BCUT2D eigenvalue weighted by atomic mass is 19.3. The van der Waals surface area contributed by atoms with Gasteiger partial charge in [-0.3, -0.25) is 0 Å².